The number of nitrogens with one attached hydrogen (secondary N) is 3. The second-order valence-corrected chi connectivity index (χ2v) is 5.94. The molecular formula is C20H22N6O2. The predicted molar refractivity (Wildman–Crippen MR) is 108 cm³/mol. The minimum Gasteiger partial charge on any atom is -0.496 e. The first-order chi connectivity index (χ1) is 13.7. The fourth-order valence-corrected chi connectivity index (χ4v) is 2.55. The van der Waals surface area contributed by atoms with Gasteiger partial charge in [0.2, 0.25) is 5.91 Å². The lowest BCUT2D eigenvalue weighted by Crippen LogP contribution is -2.30. The molecule has 0 spiro atoms. The van der Waals surface area contributed by atoms with Crippen LogP contribution in [0.15, 0.2) is 60.9 Å². The molecule has 28 heavy (non-hydrogen) atoms. The van der Waals surface area contributed by atoms with Crippen LogP contribution >= 0.6 is 0 Å². The van der Waals surface area contributed by atoms with Gasteiger partial charge >= 0.3 is 0 Å². The van der Waals surface area contributed by atoms with Gasteiger partial charge < -0.3 is 20.7 Å². The van der Waals surface area contributed by atoms with E-state index in [9.17, 15) is 4.79 Å². The van der Waals surface area contributed by atoms with Crippen molar-refractivity contribution in [3.05, 3.63) is 66.5 Å². The number of rotatable bonds is 9. The Kier molecular flexibility index (Phi) is 6.73. The van der Waals surface area contributed by atoms with E-state index in [1.54, 1.807) is 19.5 Å². The van der Waals surface area contributed by atoms with Crippen molar-refractivity contribution in [2.45, 2.75) is 6.42 Å². The Morgan fingerprint density at radius 2 is 1.82 bits per heavy atom. The first kappa shape index (κ1) is 19.1. The molecule has 3 aromatic rings. The zero-order valence-corrected chi connectivity index (χ0v) is 15.6. The molecular weight excluding hydrogens is 356 g/mol. The highest BCUT2D eigenvalue weighted by atomic mass is 16.5. The number of carbonyl (C=O) groups is 1. The number of ether oxygens (including phenoxy) is 1. The third-order valence-electron chi connectivity index (χ3n) is 3.90. The molecule has 0 unspecified atom stereocenters. The number of pyridine rings is 1. The van der Waals surface area contributed by atoms with Crippen LogP contribution in [0.25, 0.3) is 0 Å². The molecule has 0 fully saturated rings. The average molecular weight is 378 g/mol. The molecule has 1 aromatic carbocycles. The molecule has 0 aliphatic heterocycles. The van der Waals surface area contributed by atoms with Crippen molar-refractivity contribution in [1.82, 2.24) is 20.5 Å². The maximum Gasteiger partial charge on any atom is 0.224 e. The van der Waals surface area contributed by atoms with Gasteiger partial charge in [-0.1, -0.05) is 18.2 Å². The minimum atomic E-state index is -0.0617. The number of aromatic nitrogens is 3. The van der Waals surface area contributed by atoms with Crippen LogP contribution in [0.1, 0.15) is 5.56 Å². The molecule has 0 bridgehead atoms. The van der Waals surface area contributed by atoms with Crippen molar-refractivity contribution in [2.75, 3.05) is 30.8 Å². The Bertz CT molecular complexity index is 887. The van der Waals surface area contributed by atoms with Gasteiger partial charge in [0.15, 0.2) is 5.82 Å². The molecule has 2 aromatic heterocycles. The Morgan fingerprint density at radius 1 is 1.00 bits per heavy atom. The molecule has 0 saturated carbocycles. The van der Waals surface area contributed by atoms with Crippen LogP contribution in [0.5, 0.6) is 5.75 Å². The van der Waals surface area contributed by atoms with Crippen LogP contribution in [0, 0.1) is 0 Å². The van der Waals surface area contributed by atoms with Crippen LogP contribution in [0.4, 0.5) is 17.3 Å². The number of nitrogens with zero attached hydrogens (tertiary/aromatic N) is 3. The number of hydrogen-bond donors (Lipinski definition) is 3. The van der Waals surface area contributed by atoms with E-state index in [-0.39, 0.29) is 12.3 Å². The third kappa shape index (κ3) is 5.66. The Labute approximate surface area is 163 Å². The summed E-state index contributed by atoms with van der Waals surface area (Å²) >= 11 is 0. The largest absolute Gasteiger partial charge is 0.496 e. The van der Waals surface area contributed by atoms with Crippen molar-refractivity contribution >= 4 is 23.2 Å². The molecule has 8 heteroatoms. The summed E-state index contributed by atoms with van der Waals surface area (Å²) in [6.07, 6.45) is 3.69. The predicted octanol–water partition coefficient (Wildman–Crippen LogP) is 2.39. The molecule has 0 aliphatic rings. The Balaban J connectivity index is 1.39. The molecule has 0 saturated heterocycles. The van der Waals surface area contributed by atoms with Gasteiger partial charge in [-0.05, 0) is 30.3 Å². The summed E-state index contributed by atoms with van der Waals surface area (Å²) in [5.41, 5.74) is 1.70. The molecule has 144 valence electrons. The molecule has 8 nitrogen and oxygen atoms in total. The van der Waals surface area contributed by atoms with E-state index in [2.05, 4.69) is 31.1 Å². The molecule has 0 atom stereocenters. The van der Waals surface area contributed by atoms with Crippen molar-refractivity contribution in [1.29, 1.82) is 0 Å². The highest BCUT2D eigenvalue weighted by Gasteiger charge is 2.07. The van der Waals surface area contributed by atoms with E-state index >= 15 is 0 Å². The first-order valence-electron chi connectivity index (χ1n) is 8.88. The van der Waals surface area contributed by atoms with Gasteiger partial charge in [0.05, 0.1) is 25.4 Å². The number of hydrogen-bond acceptors (Lipinski definition) is 7. The van der Waals surface area contributed by atoms with Gasteiger partial charge in [-0.2, -0.15) is 0 Å². The zero-order valence-electron chi connectivity index (χ0n) is 15.6. The van der Waals surface area contributed by atoms with Gasteiger partial charge in [0, 0.05) is 24.8 Å². The van der Waals surface area contributed by atoms with Crippen LogP contribution in [0.3, 0.4) is 0 Å². The first-order valence-corrected chi connectivity index (χ1v) is 8.88. The third-order valence-corrected chi connectivity index (χ3v) is 3.90. The van der Waals surface area contributed by atoms with E-state index < -0.39 is 0 Å². The number of anilines is 3. The number of benzene rings is 1. The quantitative estimate of drug-likeness (QED) is 0.492. The van der Waals surface area contributed by atoms with E-state index in [0.29, 0.717) is 30.5 Å². The van der Waals surface area contributed by atoms with E-state index in [0.717, 1.165) is 11.3 Å². The van der Waals surface area contributed by atoms with Crippen molar-refractivity contribution < 1.29 is 9.53 Å². The number of methoxy groups -OCH3 is 1. The van der Waals surface area contributed by atoms with Crippen LogP contribution in [-0.2, 0) is 11.2 Å². The molecule has 3 rings (SSSR count). The van der Waals surface area contributed by atoms with Crippen molar-refractivity contribution in [3.8, 4) is 5.75 Å². The van der Waals surface area contributed by atoms with Gasteiger partial charge in [0.25, 0.3) is 0 Å². The van der Waals surface area contributed by atoms with Gasteiger partial charge in [-0.3, -0.25) is 9.78 Å². The fraction of sp³-hybridized carbons (Fsp3) is 0.200. The van der Waals surface area contributed by atoms with Crippen LogP contribution in [-0.4, -0.2) is 41.3 Å². The normalized spacial score (nSPS) is 10.2. The van der Waals surface area contributed by atoms with Crippen molar-refractivity contribution in [3.63, 3.8) is 0 Å². The average Bonchev–Trinajstić information content (AvgIpc) is 2.73. The zero-order chi connectivity index (χ0) is 19.6. The lowest BCUT2D eigenvalue weighted by molar-refractivity contribution is -0.120. The molecule has 1 amide bonds. The summed E-state index contributed by atoms with van der Waals surface area (Å²) in [5.74, 6) is 1.92. The number of para-hydroxylation sites is 1. The second kappa shape index (κ2) is 9.86. The summed E-state index contributed by atoms with van der Waals surface area (Å²) in [7, 11) is 1.60. The van der Waals surface area contributed by atoms with Crippen LogP contribution < -0.4 is 20.7 Å². The molecule has 0 radical (unpaired) electrons. The minimum absolute atomic E-state index is 0.0617. The highest BCUT2D eigenvalue weighted by Crippen LogP contribution is 2.17. The maximum absolute atomic E-state index is 12.1. The summed E-state index contributed by atoms with van der Waals surface area (Å²) in [6.45, 7) is 1.02. The Morgan fingerprint density at radius 3 is 2.57 bits per heavy atom. The summed E-state index contributed by atoms with van der Waals surface area (Å²) in [6, 6.07) is 14.9. The lowest BCUT2D eigenvalue weighted by Gasteiger charge is -2.10. The van der Waals surface area contributed by atoms with Crippen molar-refractivity contribution in [2.24, 2.45) is 0 Å². The van der Waals surface area contributed by atoms with E-state index in [1.165, 1.54) is 0 Å². The number of amides is 1. The summed E-state index contributed by atoms with van der Waals surface area (Å²) in [5, 5.41) is 17.3. The highest BCUT2D eigenvalue weighted by molar-refractivity contribution is 5.79. The van der Waals surface area contributed by atoms with Gasteiger partial charge in [-0.25, -0.2) is 0 Å². The van der Waals surface area contributed by atoms with E-state index in [4.69, 9.17) is 4.74 Å². The van der Waals surface area contributed by atoms with Gasteiger partial charge in [0.1, 0.15) is 11.6 Å². The smallest absolute Gasteiger partial charge is 0.224 e. The SMILES string of the molecule is COc1ccccc1CC(=O)NCCNc1ccc(Nc2cccnc2)nn1. The lowest BCUT2D eigenvalue weighted by atomic mass is 10.1. The van der Waals surface area contributed by atoms with Crippen LogP contribution in [0.2, 0.25) is 0 Å². The Hall–Kier alpha value is -3.68. The maximum atomic E-state index is 12.1. The summed E-state index contributed by atoms with van der Waals surface area (Å²) < 4.78 is 5.26. The summed E-state index contributed by atoms with van der Waals surface area (Å²) in [4.78, 5) is 16.1. The number of carbonyl (C=O) groups excluding carboxylic acids is 1. The van der Waals surface area contributed by atoms with Gasteiger partial charge in [-0.15, -0.1) is 10.2 Å². The molecule has 2 heterocycles. The fourth-order valence-electron chi connectivity index (χ4n) is 2.55. The standard InChI is InChI=1S/C20H22N6O2/c1-28-17-7-3-2-5-15(17)13-20(27)23-12-11-22-18-8-9-19(26-25-18)24-16-6-4-10-21-14-16/h2-10,14H,11-13H2,1H3,(H,22,25)(H,23,27)(H,24,26). The topological polar surface area (TPSA) is 101 Å². The van der Waals surface area contributed by atoms with E-state index in [1.807, 2.05) is 48.5 Å². The monoisotopic (exact) mass is 378 g/mol. The molecule has 3 N–H and O–H groups in total. The molecule has 0 aliphatic carbocycles. The second-order valence-electron chi connectivity index (χ2n) is 5.94.